The van der Waals surface area contributed by atoms with Crippen LogP contribution >= 0.6 is 0 Å². The van der Waals surface area contributed by atoms with Gasteiger partial charge in [-0.1, -0.05) is 42.5 Å². The number of likely N-dealkylation sites (tertiary alicyclic amines) is 1. The molecule has 2 aliphatic rings. The molecule has 1 atom stereocenters. The van der Waals surface area contributed by atoms with Crippen LogP contribution in [-0.2, 0) is 6.54 Å². The average molecular weight is 412 g/mol. The molecule has 156 valence electrons. The summed E-state index contributed by atoms with van der Waals surface area (Å²) in [4.78, 5) is 24.2. The largest absolute Gasteiger partial charge is 0.370 e. The fourth-order valence-corrected chi connectivity index (χ4v) is 4.41. The third-order valence-corrected chi connectivity index (χ3v) is 5.96. The van der Waals surface area contributed by atoms with Gasteiger partial charge in [-0.05, 0) is 42.7 Å². The number of piperidine rings is 1. The van der Waals surface area contributed by atoms with E-state index in [9.17, 15) is 4.79 Å². The van der Waals surface area contributed by atoms with Crippen molar-refractivity contribution in [2.75, 3.05) is 23.7 Å². The van der Waals surface area contributed by atoms with E-state index >= 15 is 0 Å². The Kier molecular flexibility index (Phi) is 5.12. The predicted molar refractivity (Wildman–Crippen MR) is 123 cm³/mol. The summed E-state index contributed by atoms with van der Waals surface area (Å²) in [6.45, 7) is 1.87. The van der Waals surface area contributed by atoms with Gasteiger partial charge in [-0.25, -0.2) is 0 Å². The number of benzene rings is 2. The van der Waals surface area contributed by atoms with Crippen molar-refractivity contribution < 1.29 is 4.79 Å². The van der Waals surface area contributed by atoms with Crippen LogP contribution in [0.1, 0.15) is 28.8 Å². The normalized spacial score (nSPS) is 21.3. The molecule has 1 fully saturated rings. The fourth-order valence-electron chi connectivity index (χ4n) is 4.41. The minimum Gasteiger partial charge on any atom is -0.370 e. The summed E-state index contributed by atoms with van der Waals surface area (Å²) < 4.78 is 0. The van der Waals surface area contributed by atoms with Crippen molar-refractivity contribution >= 4 is 23.1 Å². The summed E-state index contributed by atoms with van der Waals surface area (Å²) in [6.07, 6.45) is 5.12. The topological polar surface area (TPSA) is 69.6 Å². The second kappa shape index (κ2) is 8.22. The van der Waals surface area contributed by atoms with Crippen molar-refractivity contribution in [2.45, 2.75) is 24.9 Å². The van der Waals surface area contributed by atoms with Crippen molar-refractivity contribution in [1.82, 2.24) is 9.88 Å². The first-order chi connectivity index (χ1) is 15.2. The van der Waals surface area contributed by atoms with Gasteiger partial charge in [-0.3, -0.25) is 14.8 Å². The van der Waals surface area contributed by atoms with Crippen LogP contribution in [-0.4, -0.2) is 40.3 Å². The number of nitrogens with one attached hydrogen (secondary N) is 2. The van der Waals surface area contributed by atoms with Crippen molar-refractivity contribution in [3.05, 3.63) is 90.3 Å². The number of hydrogen-bond acceptors (Lipinski definition) is 4. The summed E-state index contributed by atoms with van der Waals surface area (Å²) in [5.41, 5.74) is 3.38. The van der Waals surface area contributed by atoms with Gasteiger partial charge < -0.3 is 15.5 Å². The lowest BCUT2D eigenvalue weighted by molar-refractivity contribution is 0.0694. The maximum Gasteiger partial charge on any atom is 0.255 e. The van der Waals surface area contributed by atoms with Crippen LogP contribution < -0.4 is 10.6 Å². The smallest absolute Gasteiger partial charge is 0.255 e. The van der Waals surface area contributed by atoms with E-state index in [1.54, 1.807) is 18.5 Å². The lowest BCUT2D eigenvalue weighted by atomic mass is 9.85. The minimum absolute atomic E-state index is 0.00948. The summed E-state index contributed by atoms with van der Waals surface area (Å²) in [7, 11) is 0. The molecule has 3 aromatic rings. The van der Waals surface area contributed by atoms with Crippen molar-refractivity contribution in [3.63, 3.8) is 0 Å². The molecule has 2 aromatic carbocycles. The molecular weight excluding hydrogens is 386 g/mol. The number of carbonyl (C=O) groups excluding carboxylic acids is 1. The molecule has 3 heterocycles. The first-order valence-electron chi connectivity index (χ1n) is 10.7. The van der Waals surface area contributed by atoms with Crippen LogP contribution in [0, 0.1) is 0 Å². The van der Waals surface area contributed by atoms with Crippen molar-refractivity contribution in [3.8, 4) is 0 Å². The number of nitrogens with zero attached hydrogens (tertiary/aromatic N) is 3. The molecule has 6 heteroatoms. The summed E-state index contributed by atoms with van der Waals surface area (Å²) in [5, 5.41) is 7.30. The van der Waals surface area contributed by atoms with E-state index in [0.717, 1.165) is 42.2 Å². The molecule has 5 rings (SSSR count). The lowest BCUT2D eigenvalue weighted by Gasteiger charge is -2.47. The molecule has 0 radical (unpaired) electrons. The number of fused-ring (bicyclic) bond motifs is 1. The van der Waals surface area contributed by atoms with E-state index in [4.69, 9.17) is 4.99 Å². The molecule has 31 heavy (non-hydrogen) atoms. The Labute approximate surface area is 182 Å². The number of pyridine rings is 1. The molecular formula is C25H25N5O. The van der Waals surface area contributed by atoms with Crippen LogP contribution in [0.15, 0.2) is 84.1 Å². The standard InChI is InChI=1S/C25H25N5O/c31-23(20-10-6-14-26-17-20)30-15-7-13-25(18-30)24(27-16-19-8-2-1-3-9-19)28-21-11-4-5-12-22(21)29-25/h1-6,8-12,14,17,29H,7,13,15-16,18H2,(H,27,28). The van der Waals surface area contributed by atoms with Crippen LogP contribution in [0.2, 0.25) is 0 Å². The molecule has 1 aromatic heterocycles. The fraction of sp³-hybridized carbons (Fsp3) is 0.240. The zero-order valence-corrected chi connectivity index (χ0v) is 17.3. The molecule has 1 amide bonds. The molecule has 6 nitrogen and oxygen atoms in total. The van der Waals surface area contributed by atoms with E-state index in [0.29, 0.717) is 18.7 Å². The number of aromatic nitrogens is 1. The highest BCUT2D eigenvalue weighted by molar-refractivity contribution is 6.10. The van der Waals surface area contributed by atoms with Gasteiger partial charge in [-0.2, -0.15) is 0 Å². The second-order valence-electron chi connectivity index (χ2n) is 8.10. The van der Waals surface area contributed by atoms with Crippen LogP contribution in [0.5, 0.6) is 0 Å². The molecule has 1 unspecified atom stereocenters. The number of amides is 1. The first kappa shape index (κ1) is 19.3. The third-order valence-electron chi connectivity index (χ3n) is 5.96. The van der Waals surface area contributed by atoms with Crippen molar-refractivity contribution in [2.24, 2.45) is 4.99 Å². The number of aliphatic imine (C=N–C) groups is 1. The Morgan fingerprint density at radius 3 is 2.65 bits per heavy atom. The molecule has 1 saturated heterocycles. The number of carbonyl (C=O) groups is 1. The Morgan fingerprint density at radius 2 is 1.84 bits per heavy atom. The number of amidine groups is 1. The van der Waals surface area contributed by atoms with Gasteiger partial charge in [0, 0.05) is 18.9 Å². The van der Waals surface area contributed by atoms with Crippen LogP contribution in [0.4, 0.5) is 11.4 Å². The van der Waals surface area contributed by atoms with E-state index < -0.39 is 5.54 Å². The number of rotatable bonds is 3. The Hall–Kier alpha value is -3.67. The molecule has 1 spiro atoms. The maximum absolute atomic E-state index is 13.2. The second-order valence-corrected chi connectivity index (χ2v) is 8.10. The van der Waals surface area contributed by atoms with Gasteiger partial charge in [0.2, 0.25) is 0 Å². The van der Waals surface area contributed by atoms with Crippen molar-refractivity contribution in [1.29, 1.82) is 0 Å². The molecule has 2 N–H and O–H groups in total. The highest BCUT2D eigenvalue weighted by Gasteiger charge is 2.44. The zero-order chi connectivity index (χ0) is 21.1. The third kappa shape index (κ3) is 3.89. The summed E-state index contributed by atoms with van der Waals surface area (Å²) in [5.74, 6) is 0.897. The van der Waals surface area contributed by atoms with Gasteiger partial charge in [-0.15, -0.1) is 0 Å². The lowest BCUT2D eigenvalue weighted by Crippen LogP contribution is -2.62. The van der Waals surface area contributed by atoms with Crippen LogP contribution in [0.25, 0.3) is 0 Å². The summed E-state index contributed by atoms with van der Waals surface area (Å²) >= 11 is 0. The Morgan fingerprint density at radius 1 is 1.03 bits per heavy atom. The van der Waals surface area contributed by atoms with E-state index in [1.165, 1.54) is 0 Å². The quantitative estimate of drug-likeness (QED) is 0.678. The molecule has 2 aliphatic heterocycles. The highest BCUT2D eigenvalue weighted by Crippen LogP contribution is 2.36. The molecule has 0 saturated carbocycles. The van der Waals surface area contributed by atoms with E-state index in [2.05, 4.69) is 39.9 Å². The van der Waals surface area contributed by atoms with Crippen LogP contribution in [0.3, 0.4) is 0 Å². The first-order valence-corrected chi connectivity index (χ1v) is 10.7. The maximum atomic E-state index is 13.2. The molecule has 0 bridgehead atoms. The monoisotopic (exact) mass is 411 g/mol. The van der Waals surface area contributed by atoms with Gasteiger partial charge >= 0.3 is 0 Å². The number of para-hydroxylation sites is 2. The van der Waals surface area contributed by atoms with E-state index in [1.807, 2.05) is 41.3 Å². The van der Waals surface area contributed by atoms with Gasteiger partial charge in [0.25, 0.3) is 5.91 Å². The van der Waals surface area contributed by atoms with Gasteiger partial charge in [0.15, 0.2) is 0 Å². The van der Waals surface area contributed by atoms with Gasteiger partial charge in [0.1, 0.15) is 11.4 Å². The predicted octanol–water partition coefficient (Wildman–Crippen LogP) is 4.19. The number of hydrogen-bond donors (Lipinski definition) is 2. The highest BCUT2D eigenvalue weighted by atomic mass is 16.2. The minimum atomic E-state index is -0.445. The number of anilines is 2. The molecule has 0 aliphatic carbocycles. The zero-order valence-electron chi connectivity index (χ0n) is 17.3. The average Bonchev–Trinajstić information content (AvgIpc) is 2.83. The Balaban J connectivity index is 1.48. The van der Waals surface area contributed by atoms with Gasteiger partial charge in [0.05, 0.1) is 30.0 Å². The SMILES string of the molecule is O=C(c1cccnc1)N1CCCC2(C1)Nc1ccccc1NC2=NCc1ccccc1. The van der Waals surface area contributed by atoms with E-state index in [-0.39, 0.29) is 5.91 Å². The Bertz CT molecular complexity index is 1100. The summed E-state index contributed by atoms with van der Waals surface area (Å²) in [6, 6.07) is 22.0.